The third-order valence-electron chi connectivity index (χ3n) is 4.87. The van der Waals surface area contributed by atoms with Crippen molar-refractivity contribution >= 4 is 10.8 Å². The Kier molecular flexibility index (Phi) is 5.56. The molecular weight excluding hydrogens is 282 g/mol. The SMILES string of the molecule is CC(C)CCOc1ccc2ccccc2c1CNC1CCCC1. The first-order valence-corrected chi connectivity index (χ1v) is 9.11. The van der Waals surface area contributed by atoms with Gasteiger partial charge in [-0.15, -0.1) is 0 Å². The summed E-state index contributed by atoms with van der Waals surface area (Å²) in [5.41, 5.74) is 1.32. The van der Waals surface area contributed by atoms with Crippen molar-refractivity contribution in [2.45, 2.75) is 58.5 Å². The number of fused-ring (bicyclic) bond motifs is 1. The lowest BCUT2D eigenvalue weighted by Crippen LogP contribution is -2.25. The second-order valence-corrected chi connectivity index (χ2v) is 7.16. The van der Waals surface area contributed by atoms with Crippen molar-refractivity contribution in [3.63, 3.8) is 0 Å². The Morgan fingerprint density at radius 2 is 1.87 bits per heavy atom. The highest BCUT2D eigenvalue weighted by Gasteiger charge is 2.16. The van der Waals surface area contributed by atoms with Crippen LogP contribution in [0.2, 0.25) is 0 Å². The first-order chi connectivity index (χ1) is 11.2. The first kappa shape index (κ1) is 16.3. The van der Waals surface area contributed by atoms with Gasteiger partial charge in [0.2, 0.25) is 0 Å². The molecule has 0 saturated heterocycles. The predicted octanol–water partition coefficient (Wildman–Crippen LogP) is 5.30. The smallest absolute Gasteiger partial charge is 0.124 e. The van der Waals surface area contributed by atoms with Gasteiger partial charge in [0, 0.05) is 18.2 Å². The topological polar surface area (TPSA) is 21.3 Å². The molecule has 3 rings (SSSR count). The molecule has 2 nitrogen and oxygen atoms in total. The molecule has 0 unspecified atom stereocenters. The molecule has 0 radical (unpaired) electrons. The number of hydrogen-bond acceptors (Lipinski definition) is 2. The van der Waals surface area contributed by atoms with Gasteiger partial charge in [0.15, 0.2) is 0 Å². The zero-order valence-corrected chi connectivity index (χ0v) is 14.5. The van der Waals surface area contributed by atoms with Crippen LogP contribution in [0.15, 0.2) is 36.4 Å². The van der Waals surface area contributed by atoms with Crippen LogP contribution in [-0.2, 0) is 6.54 Å². The molecule has 2 aromatic carbocycles. The second kappa shape index (κ2) is 7.83. The summed E-state index contributed by atoms with van der Waals surface area (Å²) in [4.78, 5) is 0. The Bertz CT molecular complexity index is 629. The Morgan fingerprint density at radius 1 is 1.09 bits per heavy atom. The minimum atomic E-state index is 0.676. The molecule has 1 aliphatic carbocycles. The van der Waals surface area contributed by atoms with Gasteiger partial charge in [0.1, 0.15) is 5.75 Å². The van der Waals surface area contributed by atoms with Crippen LogP contribution < -0.4 is 10.1 Å². The van der Waals surface area contributed by atoms with Crippen LogP contribution in [0.25, 0.3) is 10.8 Å². The van der Waals surface area contributed by atoms with Crippen LogP contribution >= 0.6 is 0 Å². The highest BCUT2D eigenvalue weighted by molar-refractivity contribution is 5.87. The molecule has 2 heteroatoms. The van der Waals surface area contributed by atoms with E-state index in [1.54, 1.807) is 0 Å². The van der Waals surface area contributed by atoms with Crippen molar-refractivity contribution in [1.82, 2.24) is 5.32 Å². The Balaban J connectivity index is 1.80. The largest absolute Gasteiger partial charge is 0.493 e. The lowest BCUT2D eigenvalue weighted by Gasteiger charge is -2.18. The molecule has 0 amide bonds. The molecule has 0 atom stereocenters. The molecule has 0 spiro atoms. The third-order valence-corrected chi connectivity index (χ3v) is 4.87. The van der Waals surface area contributed by atoms with Crippen LogP contribution in [0, 0.1) is 5.92 Å². The molecule has 0 bridgehead atoms. The van der Waals surface area contributed by atoms with E-state index in [1.807, 2.05) is 0 Å². The Hall–Kier alpha value is -1.54. The van der Waals surface area contributed by atoms with E-state index in [0.717, 1.165) is 25.3 Å². The monoisotopic (exact) mass is 311 g/mol. The van der Waals surface area contributed by atoms with Gasteiger partial charge in [-0.2, -0.15) is 0 Å². The summed E-state index contributed by atoms with van der Waals surface area (Å²) in [7, 11) is 0. The molecule has 1 saturated carbocycles. The van der Waals surface area contributed by atoms with Crippen molar-refractivity contribution in [3.05, 3.63) is 42.0 Å². The highest BCUT2D eigenvalue weighted by Crippen LogP contribution is 2.29. The summed E-state index contributed by atoms with van der Waals surface area (Å²) in [5.74, 6) is 1.73. The van der Waals surface area contributed by atoms with Crippen LogP contribution in [0.5, 0.6) is 5.75 Å². The third kappa shape index (κ3) is 4.26. The van der Waals surface area contributed by atoms with E-state index < -0.39 is 0 Å². The summed E-state index contributed by atoms with van der Waals surface area (Å²) in [6.07, 6.45) is 6.46. The van der Waals surface area contributed by atoms with Crippen molar-refractivity contribution in [3.8, 4) is 5.75 Å². The van der Waals surface area contributed by atoms with Gasteiger partial charge in [-0.1, -0.05) is 57.0 Å². The van der Waals surface area contributed by atoms with Crippen molar-refractivity contribution in [1.29, 1.82) is 0 Å². The zero-order chi connectivity index (χ0) is 16.1. The maximum atomic E-state index is 6.13. The van der Waals surface area contributed by atoms with Gasteiger partial charge in [0.25, 0.3) is 0 Å². The Morgan fingerprint density at radius 3 is 2.65 bits per heavy atom. The normalized spacial score (nSPS) is 15.6. The van der Waals surface area contributed by atoms with E-state index in [2.05, 4.69) is 55.6 Å². The zero-order valence-electron chi connectivity index (χ0n) is 14.5. The van der Waals surface area contributed by atoms with E-state index in [9.17, 15) is 0 Å². The van der Waals surface area contributed by atoms with Crippen LogP contribution in [0.1, 0.15) is 51.5 Å². The molecule has 1 aliphatic rings. The molecule has 0 aromatic heterocycles. The summed E-state index contributed by atoms with van der Waals surface area (Å²) < 4.78 is 6.13. The van der Waals surface area contributed by atoms with Gasteiger partial charge in [0.05, 0.1) is 6.61 Å². The summed E-state index contributed by atoms with van der Waals surface area (Å²) in [6, 6.07) is 13.6. The maximum absolute atomic E-state index is 6.13. The van der Waals surface area contributed by atoms with Crippen molar-refractivity contribution in [2.24, 2.45) is 5.92 Å². The first-order valence-electron chi connectivity index (χ1n) is 9.11. The van der Waals surface area contributed by atoms with Gasteiger partial charge >= 0.3 is 0 Å². The number of nitrogens with one attached hydrogen (secondary N) is 1. The van der Waals surface area contributed by atoms with E-state index in [0.29, 0.717) is 12.0 Å². The molecule has 1 fully saturated rings. The number of hydrogen-bond donors (Lipinski definition) is 1. The summed E-state index contributed by atoms with van der Waals surface area (Å²) in [5, 5.41) is 6.37. The predicted molar refractivity (Wildman–Crippen MR) is 98.0 cm³/mol. The fourth-order valence-corrected chi connectivity index (χ4v) is 3.41. The second-order valence-electron chi connectivity index (χ2n) is 7.16. The van der Waals surface area contributed by atoms with Crippen LogP contribution in [0.3, 0.4) is 0 Å². The van der Waals surface area contributed by atoms with E-state index >= 15 is 0 Å². The molecule has 0 heterocycles. The van der Waals surface area contributed by atoms with Crippen molar-refractivity contribution in [2.75, 3.05) is 6.61 Å². The summed E-state index contributed by atoms with van der Waals surface area (Å²) >= 11 is 0. The van der Waals surface area contributed by atoms with E-state index in [-0.39, 0.29) is 0 Å². The average Bonchev–Trinajstić information content (AvgIpc) is 3.06. The molecule has 23 heavy (non-hydrogen) atoms. The lowest BCUT2D eigenvalue weighted by molar-refractivity contribution is 0.286. The average molecular weight is 311 g/mol. The van der Waals surface area contributed by atoms with Gasteiger partial charge in [-0.3, -0.25) is 0 Å². The fourth-order valence-electron chi connectivity index (χ4n) is 3.41. The van der Waals surface area contributed by atoms with Gasteiger partial charge in [-0.05, 0) is 42.0 Å². The highest BCUT2D eigenvalue weighted by atomic mass is 16.5. The van der Waals surface area contributed by atoms with E-state index in [4.69, 9.17) is 4.74 Å². The van der Waals surface area contributed by atoms with Crippen LogP contribution in [-0.4, -0.2) is 12.6 Å². The number of ether oxygens (including phenoxy) is 1. The Labute approximate surface area is 140 Å². The number of rotatable bonds is 7. The summed E-state index contributed by atoms with van der Waals surface area (Å²) in [6.45, 7) is 6.19. The molecule has 2 aromatic rings. The van der Waals surface area contributed by atoms with E-state index in [1.165, 1.54) is 42.0 Å². The standard InChI is InChI=1S/C21H29NO/c1-16(2)13-14-23-21-12-11-17-7-3-6-10-19(17)20(21)15-22-18-8-4-5-9-18/h3,6-7,10-12,16,18,22H,4-5,8-9,13-15H2,1-2H3. The maximum Gasteiger partial charge on any atom is 0.124 e. The van der Waals surface area contributed by atoms with Gasteiger partial charge < -0.3 is 10.1 Å². The minimum absolute atomic E-state index is 0.676. The quantitative estimate of drug-likeness (QED) is 0.749. The molecule has 0 aliphatic heterocycles. The minimum Gasteiger partial charge on any atom is -0.493 e. The lowest BCUT2D eigenvalue weighted by atomic mass is 10.0. The number of benzene rings is 2. The van der Waals surface area contributed by atoms with Crippen molar-refractivity contribution < 1.29 is 4.74 Å². The molecule has 124 valence electrons. The van der Waals surface area contributed by atoms with Crippen LogP contribution in [0.4, 0.5) is 0 Å². The fraction of sp³-hybridized carbons (Fsp3) is 0.524. The molecular formula is C21H29NO. The van der Waals surface area contributed by atoms with Gasteiger partial charge in [-0.25, -0.2) is 0 Å². The molecule has 1 N–H and O–H groups in total.